The molecule has 0 atom stereocenters. The molecule has 0 saturated heterocycles. The monoisotopic (exact) mass is 410 g/mol. The highest BCUT2D eigenvalue weighted by Crippen LogP contribution is 2.26. The number of rotatable bonds is 7. The van der Waals surface area contributed by atoms with Crippen LogP contribution in [0, 0.1) is 0 Å². The van der Waals surface area contributed by atoms with Crippen molar-refractivity contribution in [2.45, 2.75) is 6.42 Å². The summed E-state index contributed by atoms with van der Waals surface area (Å²) in [5.74, 6) is 0.761. The van der Waals surface area contributed by atoms with Gasteiger partial charge in [0.25, 0.3) is 0 Å². The van der Waals surface area contributed by atoms with Crippen molar-refractivity contribution >= 4 is 44.7 Å². The van der Waals surface area contributed by atoms with Crippen molar-refractivity contribution < 1.29 is 8.42 Å². The second-order valence-corrected chi connectivity index (χ2v) is 8.18. The number of halogens is 1. The highest BCUT2D eigenvalue weighted by molar-refractivity contribution is 7.88. The van der Waals surface area contributed by atoms with Crippen LogP contribution in [0.15, 0.2) is 54.0 Å². The maximum Gasteiger partial charge on any atom is 0.208 e. The predicted octanol–water partition coefficient (Wildman–Crippen LogP) is 3.46. The topological polar surface area (TPSA) is 84.0 Å². The van der Waals surface area contributed by atoms with Crippen LogP contribution in [0.25, 0.3) is 11.3 Å². The van der Waals surface area contributed by atoms with Gasteiger partial charge in [0, 0.05) is 23.7 Å². The first-order chi connectivity index (χ1) is 12.0. The molecule has 0 aliphatic carbocycles. The van der Waals surface area contributed by atoms with E-state index in [2.05, 4.69) is 20.0 Å². The van der Waals surface area contributed by atoms with Gasteiger partial charge in [0.2, 0.25) is 10.0 Å². The van der Waals surface area contributed by atoms with E-state index in [4.69, 9.17) is 0 Å². The number of nitrogens with one attached hydrogen (secondary N) is 2. The van der Waals surface area contributed by atoms with E-state index >= 15 is 0 Å². The van der Waals surface area contributed by atoms with Gasteiger partial charge >= 0.3 is 0 Å². The lowest BCUT2D eigenvalue weighted by Gasteiger charge is -2.04. The maximum absolute atomic E-state index is 11.1. The van der Waals surface area contributed by atoms with Crippen LogP contribution in [0.2, 0.25) is 0 Å². The SMILES string of the molecule is CS(=O)(=O)NCCc1ccc(-c2csc(Nc3ccccn3)n2)cc1.Cl. The number of aromatic nitrogens is 2. The van der Waals surface area contributed by atoms with Crippen LogP contribution in [0.4, 0.5) is 10.9 Å². The molecule has 3 rings (SSSR count). The van der Waals surface area contributed by atoms with Crippen LogP contribution < -0.4 is 10.0 Å². The van der Waals surface area contributed by atoms with Crippen molar-refractivity contribution in [3.8, 4) is 11.3 Å². The minimum Gasteiger partial charge on any atom is -0.316 e. The molecule has 2 heterocycles. The largest absolute Gasteiger partial charge is 0.316 e. The lowest BCUT2D eigenvalue weighted by Crippen LogP contribution is -2.24. The number of hydrogen-bond acceptors (Lipinski definition) is 6. The molecule has 0 fully saturated rings. The Morgan fingerprint density at radius 1 is 1.12 bits per heavy atom. The molecule has 0 amide bonds. The summed E-state index contributed by atoms with van der Waals surface area (Å²) < 4.78 is 24.6. The molecule has 0 saturated carbocycles. The molecule has 2 aromatic heterocycles. The first kappa shape index (κ1) is 20.3. The first-order valence-electron chi connectivity index (χ1n) is 7.67. The zero-order valence-electron chi connectivity index (χ0n) is 14.0. The zero-order valence-corrected chi connectivity index (χ0v) is 16.5. The van der Waals surface area contributed by atoms with Crippen LogP contribution in [0.1, 0.15) is 5.56 Å². The molecule has 6 nitrogen and oxygen atoms in total. The van der Waals surface area contributed by atoms with E-state index in [9.17, 15) is 8.42 Å². The fraction of sp³-hybridized carbons (Fsp3) is 0.176. The number of nitrogens with zero attached hydrogens (tertiary/aromatic N) is 2. The third kappa shape index (κ3) is 6.06. The van der Waals surface area contributed by atoms with Gasteiger partial charge in [-0.3, -0.25) is 0 Å². The van der Waals surface area contributed by atoms with E-state index in [0.717, 1.165) is 34.0 Å². The van der Waals surface area contributed by atoms with Gasteiger partial charge in [0.15, 0.2) is 5.13 Å². The van der Waals surface area contributed by atoms with Gasteiger partial charge in [0.05, 0.1) is 11.9 Å². The van der Waals surface area contributed by atoms with E-state index in [0.29, 0.717) is 13.0 Å². The molecular formula is C17H19ClN4O2S2. The summed E-state index contributed by atoms with van der Waals surface area (Å²) in [6, 6.07) is 13.6. The predicted molar refractivity (Wildman–Crippen MR) is 109 cm³/mol. The van der Waals surface area contributed by atoms with Crippen molar-refractivity contribution in [3.05, 3.63) is 59.6 Å². The molecule has 0 aliphatic rings. The fourth-order valence-electron chi connectivity index (χ4n) is 2.23. The van der Waals surface area contributed by atoms with Crippen LogP contribution in [-0.4, -0.2) is 31.2 Å². The molecule has 3 aromatic rings. The maximum atomic E-state index is 11.1. The molecular weight excluding hydrogens is 392 g/mol. The summed E-state index contributed by atoms with van der Waals surface area (Å²) >= 11 is 1.52. The summed E-state index contributed by atoms with van der Waals surface area (Å²) in [6.07, 6.45) is 3.54. The van der Waals surface area contributed by atoms with Gasteiger partial charge < -0.3 is 5.32 Å². The Bertz CT molecular complexity index is 929. The number of pyridine rings is 1. The van der Waals surface area contributed by atoms with Crippen molar-refractivity contribution in [1.29, 1.82) is 0 Å². The van der Waals surface area contributed by atoms with Gasteiger partial charge in [-0.1, -0.05) is 30.3 Å². The van der Waals surface area contributed by atoms with Crippen LogP contribution in [-0.2, 0) is 16.4 Å². The molecule has 0 radical (unpaired) electrons. The zero-order chi connectivity index (χ0) is 17.7. The Hall–Kier alpha value is -2.00. The number of anilines is 2. The Balaban J connectivity index is 0.00000243. The minimum atomic E-state index is -3.14. The first-order valence-corrected chi connectivity index (χ1v) is 10.4. The Kier molecular flexibility index (Phi) is 7.10. The number of thiazole rings is 1. The molecule has 138 valence electrons. The third-order valence-electron chi connectivity index (χ3n) is 3.43. The molecule has 2 N–H and O–H groups in total. The summed E-state index contributed by atoms with van der Waals surface area (Å²) in [5.41, 5.74) is 2.98. The Morgan fingerprint density at radius 2 is 1.88 bits per heavy atom. The smallest absolute Gasteiger partial charge is 0.208 e. The van der Waals surface area contributed by atoms with Crippen molar-refractivity contribution in [1.82, 2.24) is 14.7 Å². The summed E-state index contributed by atoms with van der Waals surface area (Å²) in [4.78, 5) is 8.80. The Morgan fingerprint density at radius 3 is 2.54 bits per heavy atom. The number of hydrogen-bond donors (Lipinski definition) is 2. The average molecular weight is 411 g/mol. The fourth-order valence-corrected chi connectivity index (χ4v) is 3.43. The second kappa shape index (κ2) is 9.09. The lowest BCUT2D eigenvalue weighted by atomic mass is 10.1. The van der Waals surface area contributed by atoms with Crippen molar-refractivity contribution in [2.75, 3.05) is 18.1 Å². The lowest BCUT2D eigenvalue weighted by molar-refractivity contribution is 0.588. The summed E-state index contributed by atoms with van der Waals surface area (Å²) in [5, 5.41) is 5.96. The van der Waals surface area contributed by atoms with Crippen LogP contribution in [0.3, 0.4) is 0 Å². The summed E-state index contributed by atoms with van der Waals surface area (Å²) in [7, 11) is -3.14. The van der Waals surface area contributed by atoms with Gasteiger partial charge in [0.1, 0.15) is 5.82 Å². The highest BCUT2D eigenvalue weighted by Gasteiger charge is 2.06. The second-order valence-electron chi connectivity index (χ2n) is 5.49. The van der Waals surface area contributed by atoms with E-state index in [1.165, 1.54) is 11.3 Å². The quantitative estimate of drug-likeness (QED) is 0.623. The number of sulfonamides is 1. The third-order valence-corrected chi connectivity index (χ3v) is 4.92. The van der Waals surface area contributed by atoms with Crippen molar-refractivity contribution in [3.63, 3.8) is 0 Å². The van der Waals surface area contributed by atoms with Crippen LogP contribution in [0.5, 0.6) is 0 Å². The Labute approximate surface area is 163 Å². The average Bonchev–Trinajstić information content (AvgIpc) is 3.04. The summed E-state index contributed by atoms with van der Waals surface area (Å²) in [6.45, 7) is 0.396. The molecule has 0 spiro atoms. The van der Waals surface area contributed by atoms with E-state index in [-0.39, 0.29) is 12.4 Å². The van der Waals surface area contributed by atoms with Gasteiger partial charge in [-0.15, -0.1) is 23.7 Å². The van der Waals surface area contributed by atoms with E-state index in [1.807, 2.05) is 47.8 Å². The molecule has 0 unspecified atom stereocenters. The van der Waals surface area contributed by atoms with Crippen LogP contribution >= 0.6 is 23.7 Å². The van der Waals surface area contributed by atoms with E-state index < -0.39 is 10.0 Å². The molecule has 0 bridgehead atoms. The van der Waals surface area contributed by atoms with Gasteiger partial charge in [-0.25, -0.2) is 23.1 Å². The standard InChI is InChI=1S/C17H18N4O2S2.ClH/c1-25(22,23)19-11-9-13-5-7-14(8-6-13)15-12-24-17(20-15)21-16-4-2-3-10-18-16;/h2-8,10,12,19H,9,11H2,1H3,(H,18,20,21);1H. The molecule has 1 aromatic carbocycles. The molecule has 0 aliphatic heterocycles. The van der Waals surface area contributed by atoms with Gasteiger partial charge in [-0.05, 0) is 24.1 Å². The van der Waals surface area contributed by atoms with E-state index in [1.54, 1.807) is 6.20 Å². The highest BCUT2D eigenvalue weighted by atomic mass is 35.5. The van der Waals surface area contributed by atoms with Crippen molar-refractivity contribution in [2.24, 2.45) is 0 Å². The number of benzene rings is 1. The minimum absolute atomic E-state index is 0. The molecule has 9 heteroatoms. The normalized spacial score (nSPS) is 11.0. The van der Waals surface area contributed by atoms with Gasteiger partial charge in [-0.2, -0.15) is 0 Å². The molecule has 26 heavy (non-hydrogen) atoms.